The Morgan fingerprint density at radius 1 is 0.381 bits per heavy atom. The van der Waals surface area contributed by atoms with Crippen LogP contribution in [0.25, 0.3) is 0 Å². The number of carboxylic acids is 5. The van der Waals surface area contributed by atoms with E-state index < -0.39 is 41.9 Å². The zero-order valence-corrected chi connectivity index (χ0v) is 85.0. The van der Waals surface area contributed by atoms with Crippen LogP contribution in [0.1, 0.15) is 75.5 Å². The second-order valence-corrected chi connectivity index (χ2v) is 38.2. The number of aliphatic carboxylic acids is 5. The number of phenols is 5. The Labute approximate surface area is 824 Å². The van der Waals surface area contributed by atoms with Gasteiger partial charge in [0, 0.05) is 22.3 Å². The fourth-order valence-electron chi connectivity index (χ4n) is 9.58. The van der Waals surface area contributed by atoms with E-state index in [1.165, 1.54) is 0 Å². The zero-order chi connectivity index (χ0) is 90.0. The van der Waals surface area contributed by atoms with Gasteiger partial charge in [0.1, 0.15) is 86.8 Å². The van der Waals surface area contributed by atoms with Gasteiger partial charge in [0.05, 0.1) is 49.3 Å². The van der Waals surface area contributed by atoms with Gasteiger partial charge in [0.25, 0.3) is 0 Å². The summed E-state index contributed by atoms with van der Waals surface area (Å²) in [5.41, 5.74) is 17.1. The Balaban J connectivity index is 0.000000499. The Morgan fingerprint density at radius 2 is 0.761 bits per heavy atom. The van der Waals surface area contributed by atoms with Gasteiger partial charge in [-0.2, -0.15) is 0 Å². The smallest absolute Gasteiger partial charge is 0.341 e. The van der Waals surface area contributed by atoms with Gasteiger partial charge in [0.2, 0.25) is 0 Å². The van der Waals surface area contributed by atoms with Crippen LogP contribution in [0.2, 0.25) is 0 Å². The van der Waals surface area contributed by atoms with Crippen molar-refractivity contribution in [2.24, 2.45) is 11.5 Å². The van der Waals surface area contributed by atoms with E-state index in [9.17, 15) is 49.5 Å². The molecule has 0 heterocycles. The molecule has 14 N–H and O–H groups in total. The van der Waals surface area contributed by atoms with Gasteiger partial charge in [-0.25, -0.2) is 4.79 Å². The maximum Gasteiger partial charge on any atom is 0.341 e. The molecule has 0 saturated carbocycles. The Hall–Kier alpha value is -3.97. The van der Waals surface area contributed by atoms with Crippen LogP contribution < -0.4 is 39.9 Å². The number of benzene rings is 10. The topological polar surface area (TPSA) is 395 Å². The summed E-state index contributed by atoms with van der Waals surface area (Å²) in [5, 5.41) is 92.4. The highest BCUT2D eigenvalue weighted by Gasteiger charge is 2.21. The second-order valence-electron chi connectivity index (χ2n) is 24.2. The number of nitrogens with two attached hydrogens (primary N) is 2. The predicted octanol–water partition coefficient (Wildman–Crippen LogP) is 22.9. The first kappa shape index (κ1) is 92.9. The van der Waals surface area contributed by atoms with E-state index in [1.807, 2.05) is 138 Å². The minimum atomic E-state index is -1.02. The lowest BCUT2D eigenvalue weighted by molar-refractivity contribution is -0.140. The first-order valence-corrected chi connectivity index (χ1v) is 45.4. The second kappa shape index (κ2) is 47.1. The molecule has 2 unspecified atom stereocenters. The van der Waals surface area contributed by atoms with Crippen molar-refractivity contribution in [3.8, 4) is 92.0 Å². The van der Waals surface area contributed by atoms with Gasteiger partial charge in [-0.1, -0.05) is 19.9 Å². The molecule has 2 atom stereocenters. The Bertz CT molecular complexity index is 5010. The molecule has 10 rings (SSSR count). The molecule has 0 saturated heterocycles. The maximum atomic E-state index is 10.9. The van der Waals surface area contributed by atoms with Crippen LogP contribution >= 0.6 is 271 Å². The van der Waals surface area contributed by atoms with E-state index in [2.05, 4.69) is 203 Å². The van der Waals surface area contributed by atoms with Gasteiger partial charge in [-0.15, -0.1) is 0 Å². The van der Waals surface area contributed by atoms with Gasteiger partial charge in [0.15, 0.2) is 23.9 Å². The van der Waals surface area contributed by atoms with Crippen molar-refractivity contribution >= 4 is 301 Å². The third kappa shape index (κ3) is 31.9. The minimum absolute atomic E-state index is 0. The molecule has 0 amide bonds. The molecule has 0 radical (unpaired) electrons. The fourth-order valence-corrected chi connectivity index (χ4v) is 20.5. The van der Waals surface area contributed by atoms with E-state index in [-0.39, 0.29) is 68.4 Å². The highest BCUT2D eigenvalue weighted by molar-refractivity contribution is 14.1. The highest BCUT2D eigenvalue weighted by Crippen LogP contribution is 2.42. The summed E-state index contributed by atoms with van der Waals surface area (Å²) in [7, 11) is 0. The van der Waals surface area contributed by atoms with Crippen LogP contribution in [0.4, 0.5) is 0 Å². The van der Waals surface area contributed by atoms with Crippen molar-refractivity contribution in [3.05, 3.63) is 233 Å². The first-order chi connectivity index (χ1) is 56.0. The molecule has 0 spiro atoms. The first-order valence-electron chi connectivity index (χ1n) is 35.5. The quantitative estimate of drug-likeness (QED) is 0.0236. The van der Waals surface area contributed by atoms with Crippen LogP contribution in [0.5, 0.6) is 92.0 Å². The number of hydrogen-bond donors (Lipinski definition) is 12. The van der Waals surface area contributed by atoms with E-state index in [4.69, 9.17) is 74.3 Å². The summed E-state index contributed by atoms with van der Waals surface area (Å²) >= 11 is 25.3. The van der Waals surface area contributed by atoms with Crippen molar-refractivity contribution in [1.29, 1.82) is 0 Å². The molecule has 0 fully saturated rings. The van der Waals surface area contributed by atoms with Crippen LogP contribution in [0, 0.1) is 56.7 Å². The van der Waals surface area contributed by atoms with E-state index in [0.29, 0.717) is 81.8 Å². The minimum Gasteiger partial charge on any atom is -0.508 e. The average molecular weight is 2910 g/mol. The van der Waals surface area contributed by atoms with Crippen LogP contribution in [-0.2, 0) is 49.7 Å². The van der Waals surface area contributed by atoms with Crippen molar-refractivity contribution in [2.75, 3.05) is 6.61 Å². The lowest BCUT2D eigenvalue weighted by Crippen LogP contribution is -2.32. The number of carboxylic acid groups (broad SMARTS) is 5. The third-order valence-electron chi connectivity index (χ3n) is 15.0. The summed E-state index contributed by atoms with van der Waals surface area (Å²) in [4.78, 5) is 53.7. The molecule has 0 aliphatic carbocycles. The molecule has 0 aliphatic heterocycles. The standard InChI is InChI=1S/C19H22O5.C15H11I4NO4.C15H12I3NO4.C15H12I2O4.C14H9I3O4.4H2/c1-11(2)16-9-14(5-6-17(16)20)24-19-12(3)7-15(8-13(19)4)23-10-18(21)22;16-8-4-7(5-9(17)13(8)21)24-14-10(18)1-6(2-11(14)19)3-12(20)15(22)23;16-9-6-8(1-2-13(9)20)23-14-10(17)3-7(4-11(14)18)5-12(19)15(21)22;16-12-7-9(1-6-14(19)20)8-13(17)15(12)21-11-4-2-10(18)3-5-11;15-9-3-7(4-13(18)19)1-2-12(9)21-8-5-10(16)14(20)11(17)6-8;;;;/h5-9,11,20H,10H2,1-4H3,(H,21,22);1-2,4-5,12,21H,3,20H2,(H,22,23);1-4,6,12,20H,5,19H2,(H,21,22);2-5,7-8,18H,1,6H2,(H,19,20);1-3,5-6,20H,4H2,(H,18,19);4*1H/i;;;;;3*1+2T;1+2. The third-order valence-corrected chi connectivity index (χ3v) is 24.8. The monoisotopic (exact) mass is 2910 g/mol. The van der Waals surface area contributed by atoms with E-state index in [0.717, 1.165) is 69.7 Å². The molecule has 0 aliphatic rings. The number of aromatic hydroxyl groups is 5. The summed E-state index contributed by atoms with van der Waals surface area (Å²) < 4.78 is 74.4. The molecule has 23 nitrogen and oxygen atoms in total. The van der Waals surface area contributed by atoms with Crippen LogP contribution in [0.15, 0.2) is 152 Å². The number of carbonyl (C=O) groups is 5. The molecule has 606 valence electrons. The lowest BCUT2D eigenvalue weighted by atomic mass is 10.0. The molecular weight excluding hydrogens is 2820 g/mol. The molecule has 113 heavy (non-hydrogen) atoms. The Morgan fingerprint density at radius 3 is 1.17 bits per heavy atom. The largest absolute Gasteiger partial charge is 0.508 e. The number of phenolic OH excluding ortho intramolecular Hbond substituents is 5. The van der Waals surface area contributed by atoms with E-state index in [1.54, 1.807) is 109 Å². The lowest BCUT2D eigenvalue weighted by Gasteiger charge is -2.16. The predicted molar refractivity (Wildman–Crippen MR) is 537 cm³/mol. The number of hydrogen-bond acceptors (Lipinski definition) is 18. The summed E-state index contributed by atoms with van der Waals surface area (Å²) in [5.74, 6) is 3.74. The Kier molecular flexibility index (Phi) is 38.8. The van der Waals surface area contributed by atoms with Gasteiger partial charge < -0.3 is 91.0 Å². The molecular formula is C78H74I12N2O21. The summed E-state index contributed by atoms with van der Waals surface area (Å²) in [6, 6.07) is 42.0. The van der Waals surface area contributed by atoms with Crippen LogP contribution in [0.3, 0.4) is 0 Å². The van der Waals surface area contributed by atoms with Crippen molar-refractivity contribution in [2.45, 2.75) is 77.8 Å². The van der Waals surface area contributed by atoms with Gasteiger partial charge in [-0.3, -0.25) is 19.2 Å². The van der Waals surface area contributed by atoms with Crippen molar-refractivity contribution in [1.82, 2.24) is 0 Å². The number of ether oxygens (including phenoxy) is 6. The normalized spacial score (nSPS) is 11.4. The van der Waals surface area contributed by atoms with Gasteiger partial charge >= 0.3 is 29.8 Å². The fraction of sp³-hybridized carbons (Fsp3) is 0.167. The molecule has 35 heteroatoms. The summed E-state index contributed by atoms with van der Waals surface area (Å²) in [6.45, 7) is 7.38. The number of aryl methyl sites for hydroxylation is 3. The summed E-state index contributed by atoms with van der Waals surface area (Å²) in [6.07, 6.45) is 1.13. The number of rotatable bonds is 25. The average Bonchev–Trinajstić information content (AvgIpc) is 0.830. The van der Waals surface area contributed by atoms with Crippen molar-refractivity contribution in [3.63, 3.8) is 0 Å². The zero-order valence-electron chi connectivity index (χ0n) is 65.1. The van der Waals surface area contributed by atoms with Crippen molar-refractivity contribution < 1.29 is 114 Å². The van der Waals surface area contributed by atoms with Crippen LogP contribution in [-0.4, -0.2) is 99.6 Å². The molecule has 0 aromatic heterocycles. The number of halogens is 12. The molecule has 10 aromatic carbocycles. The molecule has 10 aromatic rings. The van der Waals surface area contributed by atoms with E-state index >= 15 is 0 Å². The highest BCUT2D eigenvalue weighted by atomic mass is 127. The SMILES string of the molecule is Cc1cc(OCC(=O)O)cc(C)c1Oc1ccc(O)c(C(C)C)c1.NC(Cc1cc(I)c(Oc2cc(I)c(O)c(I)c2)c(I)c1)C(=O)O.NC(Cc1cc(I)c(Oc2ccc(O)c(I)c2)c(I)c1)C(=O)O.O=C(O)CCc1cc(I)c(Oc2ccc(O)cc2)c(I)c1.O=C(O)Cc1ccc(Oc2cc(I)c(O)c(I)c2)c(I)c1.[3HH].[3H][3H].[3H][3H].[3H][3H]. The molecule has 0 bridgehead atoms. The van der Waals surface area contributed by atoms with Gasteiger partial charge in [-0.05, 0) is 489 Å². The maximum absolute atomic E-state index is 10.9.